The normalized spacial score (nSPS) is 21.0. The maximum atomic E-state index is 12.6. The summed E-state index contributed by atoms with van der Waals surface area (Å²) in [6.07, 6.45) is 6.55. The molecule has 1 atom stereocenters. The highest BCUT2D eigenvalue weighted by atomic mass is 35.5. The second-order valence-corrected chi connectivity index (χ2v) is 9.04. The number of hydrogen-bond acceptors (Lipinski definition) is 4. The molecule has 0 radical (unpaired) electrons. The standard InChI is InChI=1S/C20H30N2O2S.ClH/c1-15-4-6-17(7-5-15)25-20(10-2-3-11-20)14-22-19(23)18(21)16-8-12-24-13-9-16;/h4-7,16,18H,2-3,8-14,21H2,1H3,(H,22,23);1H. The van der Waals surface area contributed by atoms with Crippen LogP contribution in [0.4, 0.5) is 0 Å². The first-order valence-corrected chi connectivity index (χ1v) is 10.3. The van der Waals surface area contributed by atoms with E-state index in [2.05, 4.69) is 36.5 Å². The van der Waals surface area contributed by atoms with Gasteiger partial charge in [-0.1, -0.05) is 30.5 Å². The third-order valence-electron chi connectivity index (χ3n) is 5.53. The van der Waals surface area contributed by atoms with Crippen LogP contribution in [0.3, 0.4) is 0 Å². The van der Waals surface area contributed by atoms with Crippen LogP contribution in [0.25, 0.3) is 0 Å². The number of carbonyl (C=O) groups is 1. The number of rotatable bonds is 6. The minimum atomic E-state index is -0.410. The summed E-state index contributed by atoms with van der Waals surface area (Å²) in [5.41, 5.74) is 7.49. The molecule has 1 saturated carbocycles. The van der Waals surface area contributed by atoms with Gasteiger partial charge in [-0.15, -0.1) is 24.2 Å². The quantitative estimate of drug-likeness (QED) is 0.766. The zero-order valence-electron chi connectivity index (χ0n) is 15.5. The van der Waals surface area contributed by atoms with Gasteiger partial charge in [0.05, 0.1) is 6.04 Å². The zero-order chi connectivity index (χ0) is 17.7. The molecule has 26 heavy (non-hydrogen) atoms. The van der Waals surface area contributed by atoms with Crippen LogP contribution in [-0.2, 0) is 9.53 Å². The average Bonchev–Trinajstić information content (AvgIpc) is 3.10. The van der Waals surface area contributed by atoms with Gasteiger partial charge in [0.25, 0.3) is 0 Å². The van der Waals surface area contributed by atoms with Crippen molar-refractivity contribution in [3.8, 4) is 0 Å². The zero-order valence-corrected chi connectivity index (χ0v) is 17.2. The molecule has 0 bridgehead atoms. The van der Waals surface area contributed by atoms with E-state index in [0.29, 0.717) is 6.54 Å². The predicted molar refractivity (Wildman–Crippen MR) is 110 cm³/mol. The molecule has 3 N–H and O–H groups in total. The molecule has 1 aliphatic carbocycles. The number of hydrogen-bond donors (Lipinski definition) is 2. The number of benzene rings is 1. The van der Waals surface area contributed by atoms with Crippen molar-refractivity contribution in [1.29, 1.82) is 0 Å². The molecule has 0 spiro atoms. The SMILES string of the molecule is Cc1ccc(SC2(CNC(=O)C(N)C3CCOCC3)CCCC2)cc1.Cl. The predicted octanol–water partition coefficient (Wildman–Crippen LogP) is 3.69. The van der Waals surface area contributed by atoms with Crippen molar-refractivity contribution >= 4 is 30.1 Å². The number of carbonyl (C=O) groups excluding carboxylic acids is 1. The maximum Gasteiger partial charge on any atom is 0.237 e. The molecule has 1 heterocycles. The fourth-order valence-electron chi connectivity index (χ4n) is 3.85. The smallest absolute Gasteiger partial charge is 0.237 e. The molecule has 1 aromatic rings. The number of ether oxygens (including phenoxy) is 1. The van der Waals surface area contributed by atoms with Gasteiger partial charge in [0.2, 0.25) is 5.91 Å². The molecule has 4 nitrogen and oxygen atoms in total. The van der Waals surface area contributed by atoms with Gasteiger partial charge in [0.1, 0.15) is 0 Å². The third kappa shape index (κ3) is 5.62. The van der Waals surface area contributed by atoms with Gasteiger partial charge in [0.15, 0.2) is 0 Å². The van der Waals surface area contributed by atoms with Crippen molar-refractivity contribution in [2.45, 2.75) is 61.1 Å². The molecule has 146 valence electrons. The molecule has 1 unspecified atom stereocenters. The third-order valence-corrected chi connectivity index (χ3v) is 7.02. The van der Waals surface area contributed by atoms with E-state index in [1.165, 1.54) is 23.3 Å². The van der Waals surface area contributed by atoms with Gasteiger partial charge in [-0.3, -0.25) is 4.79 Å². The minimum Gasteiger partial charge on any atom is -0.381 e. The molecular weight excluding hydrogens is 368 g/mol. The number of aryl methyl sites for hydroxylation is 1. The van der Waals surface area contributed by atoms with Gasteiger partial charge >= 0.3 is 0 Å². The van der Waals surface area contributed by atoms with Crippen LogP contribution < -0.4 is 11.1 Å². The first kappa shape index (κ1) is 21.5. The van der Waals surface area contributed by atoms with Crippen LogP contribution in [0.5, 0.6) is 0 Å². The molecule has 3 rings (SSSR count). The Balaban J connectivity index is 0.00000243. The summed E-state index contributed by atoms with van der Waals surface area (Å²) >= 11 is 1.92. The second kappa shape index (κ2) is 9.98. The molecule has 1 aliphatic heterocycles. The molecule has 1 amide bonds. The van der Waals surface area contributed by atoms with Crippen LogP contribution in [0.15, 0.2) is 29.2 Å². The lowest BCUT2D eigenvalue weighted by Gasteiger charge is -2.31. The Morgan fingerprint density at radius 2 is 1.88 bits per heavy atom. The summed E-state index contributed by atoms with van der Waals surface area (Å²) in [4.78, 5) is 13.8. The van der Waals surface area contributed by atoms with Gasteiger partial charge < -0.3 is 15.8 Å². The highest BCUT2D eigenvalue weighted by Gasteiger charge is 2.36. The summed E-state index contributed by atoms with van der Waals surface area (Å²) in [7, 11) is 0. The van der Waals surface area contributed by atoms with E-state index in [0.717, 1.165) is 38.9 Å². The van der Waals surface area contributed by atoms with E-state index in [9.17, 15) is 4.79 Å². The minimum absolute atomic E-state index is 0. The molecule has 2 aliphatic rings. The monoisotopic (exact) mass is 398 g/mol. The number of amides is 1. The van der Waals surface area contributed by atoms with Crippen molar-refractivity contribution < 1.29 is 9.53 Å². The van der Waals surface area contributed by atoms with Crippen LogP contribution in [-0.4, -0.2) is 36.5 Å². The Kier molecular flexibility index (Phi) is 8.27. The number of nitrogens with two attached hydrogens (primary N) is 1. The van der Waals surface area contributed by atoms with E-state index in [4.69, 9.17) is 10.5 Å². The first-order chi connectivity index (χ1) is 12.1. The van der Waals surface area contributed by atoms with Gasteiger partial charge in [-0.05, 0) is 50.7 Å². The van der Waals surface area contributed by atoms with Crippen molar-refractivity contribution in [3.63, 3.8) is 0 Å². The highest BCUT2D eigenvalue weighted by molar-refractivity contribution is 8.00. The van der Waals surface area contributed by atoms with Crippen LogP contribution in [0.2, 0.25) is 0 Å². The van der Waals surface area contributed by atoms with Crippen LogP contribution in [0.1, 0.15) is 44.1 Å². The largest absolute Gasteiger partial charge is 0.381 e. The number of halogens is 1. The number of nitrogens with one attached hydrogen (secondary N) is 1. The van der Waals surface area contributed by atoms with Crippen molar-refractivity contribution in [2.24, 2.45) is 11.7 Å². The summed E-state index contributed by atoms with van der Waals surface area (Å²) in [5, 5.41) is 3.17. The van der Waals surface area contributed by atoms with Crippen molar-refractivity contribution in [3.05, 3.63) is 29.8 Å². The molecule has 1 aromatic carbocycles. The Morgan fingerprint density at radius 3 is 2.50 bits per heavy atom. The lowest BCUT2D eigenvalue weighted by Crippen LogP contribution is -2.50. The Morgan fingerprint density at radius 1 is 1.27 bits per heavy atom. The van der Waals surface area contributed by atoms with Crippen LogP contribution in [0, 0.1) is 12.8 Å². The molecule has 1 saturated heterocycles. The van der Waals surface area contributed by atoms with Crippen LogP contribution >= 0.6 is 24.2 Å². The fourth-order valence-corrected chi connectivity index (χ4v) is 5.25. The molecule has 2 fully saturated rings. The Labute approximate surface area is 167 Å². The summed E-state index contributed by atoms with van der Waals surface area (Å²) < 4.78 is 5.48. The molecule has 6 heteroatoms. The summed E-state index contributed by atoms with van der Waals surface area (Å²) in [6, 6.07) is 8.28. The van der Waals surface area contributed by atoms with E-state index in [-0.39, 0.29) is 29.0 Å². The second-order valence-electron chi connectivity index (χ2n) is 7.50. The Hall–Kier alpha value is -0.750. The first-order valence-electron chi connectivity index (χ1n) is 9.45. The van der Waals surface area contributed by atoms with E-state index in [1.54, 1.807) is 0 Å². The average molecular weight is 399 g/mol. The van der Waals surface area contributed by atoms with E-state index < -0.39 is 6.04 Å². The van der Waals surface area contributed by atoms with Gasteiger partial charge in [-0.25, -0.2) is 0 Å². The van der Waals surface area contributed by atoms with Gasteiger partial charge in [-0.2, -0.15) is 0 Å². The molecule has 0 aromatic heterocycles. The van der Waals surface area contributed by atoms with E-state index >= 15 is 0 Å². The summed E-state index contributed by atoms with van der Waals surface area (Å²) in [6.45, 7) is 4.26. The van der Waals surface area contributed by atoms with Gasteiger partial charge in [0, 0.05) is 29.4 Å². The van der Waals surface area contributed by atoms with Crippen molar-refractivity contribution in [2.75, 3.05) is 19.8 Å². The maximum absolute atomic E-state index is 12.6. The van der Waals surface area contributed by atoms with E-state index in [1.807, 2.05) is 11.8 Å². The lowest BCUT2D eigenvalue weighted by atomic mass is 9.91. The van der Waals surface area contributed by atoms with Crippen molar-refractivity contribution in [1.82, 2.24) is 5.32 Å². The lowest BCUT2D eigenvalue weighted by molar-refractivity contribution is -0.124. The topological polar surface area (TPSA) is 64.4 Å². The molecular formula is C20H31ClN2O2S. The number of thioether (sulfide) groups is 1. The fraction of sp³-hybridized carbons (Fsp3) is 0.650. The highest BCUT2D eigenvalue weighted by Crippen LogP contribution is 2.44. The Bertz CT molecular complexity index is 570. The summed E-state index contributed by atoms with van der Waals surface area (Å²) in [5.74, 6) is 0.251.